The second-order valence-electron chi connectivity index (χ2n) is 4.43. The van der Waals surface area contributed by atoms with Gasteiger partial charge in [-0.25, -0.2) is 0 Å². The van der Waals surface area contributed by atoms with Gasteiger partial charge < -0.3 is 9.64 Å². The summed E-state index contributed by atoms with van der Waals surface area (Å²) in [5, 5.41) is 1.99. The number of benzene rings is 1. The van der Waals surface area contributed by atoms with E-state index in [4.69, 9.17) is 4.74 Å². The van der Waals surface area contributed by atoms with Gasteiger partial charge >= 0.3 is 0 Å². The summed E-state index contributed by atoms with van der Waals surface area (Å²) in [6.45, 7) is 3.08. The topological polar surface area (TPSA) is 46.6 Å². The first-order chi connectivity index (χ1) is 10.2. The quantitative estimate of drug-likeness (QED) is 0.739. The van der Waals surface area contributed by atoms with Crippen LogP contribution in [0, 0.1) is 0 Å². The van der Waals surface area contributed by atoms with Crippen molar-refractivity contribution in [3.63, 3.8) is 0 Å². The van der Waals surface area contributed by atoms with E-state index >= 15 is 0 Å². The zero-order chi connectivity index (χ0) is 15.1. The lowest BCUT2D eigenvalue weighted by atomic mass is 10.2. The van der Waals surface area contributed by atoms with Crippen LogP contribution in [-0.2, 0) is 11.3 Å². The minimum absolute atomic E-state index is 0.0654. The Morgan fingerprint density at radius 1 is 1.29 bits per heavy atom. The maximum Gasteiger partial charge on any atom is 0.260 e. The maximum atomic E-state index is 12.2. The molecule has 0 atom stereocenters. The zero-order valence-corrected chi connectivity index (χ0v) is 12.6. The second kappa shape index (κ2) is 7.59. The molecule has 0 aliphatic heterocycles. The Kier molecular flexibility index (Phi) is 5.51. The van der Waals surface area contributed by atoms with Crippen molar-refractivity contribution in [1.82, 2.24) is 4.90 Å². The molecule has 4 nitrogen and oxygen atoms in total. The molecule has 1 heterocycles. The van der Waals surface area contributed by atoms with E-state index < -0.39 is 0 Å². The number of rotatable bonds is 7. The molecule has 0 aliphatic carbocycles. The Balaban J connectivity index is 1.95. The summed E-state index contributed by atoms with van der Waals surface area (Å²) < 4.78 is 5.47. The average molecular weight is 303 g/mol. The Bertz CT molecular complexity index is 595. The Hall–Kier alpha value is -2.14. The molecule has 1 aromatic carbocycles. The number of nitrogens with zero attached hydrogens (tertiary/aromatic N) is 1. The number of hydrogen-bond donors (Lipinski definition) is 0. The van der Waals surface area contributed by atoms with E-state index in [9.17, 15) is 9.59 Å². The average Bonchev–Trinajstić information content (AvgIpc) is 3.03. The van der Waals surface area contributed by atoms with Crippen molar-refractivity contribution in [2.75, 3.05) is 13.2 Å². The van der Waals surface area contributed by atoms with E-state index in [1.165, 1.54) is 0 Å². The number of amides is 1. The number of para-hydroxylation sites is 1. The molecule has 0 bridgehead atoms. The summed E-state index contributed by atoms with van der Waals surface area (Å²) >= 11 is 1.62. The van der Waals surface area contributed by atoms with Crippen LogP contribution in [0.25, 0.3) is 0 Å². The molecule has 110 valence electrons. The first-order valence-corrected chi connectivity index (χ1v) is 7.59. The van der Waals surface area contributed by atoms with Gasteiger partial charge in [0.2, 0.25) is 0 Å². The lowest BCUT2D eigenvalue weighted by Crippen LogP contribution is -2.34. The Labute approximate surface area is 128 Å². The highest BCUT2D eigenvalue weighted by molar-refractivity contribution is 7.09. The minimum atomic E-state index is -0.0911. The van der Waals surface area contributed by atoms with Crippen molar-refractivity contribution < 1.29 is 14.3 Å². The highest BCUT2D eigenvalue weighted by atomic mass is 32.1. The number of carbonyl (C=O) groups is 2. The van der Waals surface area contributed by atoms with Crippen LogP contribution in [0.15, 0.2) is 41.8 Å². The van der Waals surface area contributed by atoms with Crippen LogP contribution in [0.4, 0.5) is 0 Å². The third-order valence-electron chi connectivity index (χ3n) is 3.06. The van der Waals surface area contributed by atoms with Crippen molar-refractivity contribution in [2.45, 2.75) is 13.5 Å². The lowest BCUT2D eigenvalue weighted by Gasteiger charge is -2.20. The number of carbonyl (C=O) groups excluding carboxylic acids is 2. The molecule has 2 rings (SSSR count). The maximum absolute atomic E-state index is 12.2. The largest absolute Gasteiger partial charge is 0.483 e. The fraction of sp³-hybridized carbons (Fsp3) is 0.250. The number of thiophene rings is 1. The van der Waals surface area contributed by atoms with Crippen molar-refractivity contribution >= 4 is 23.5 Å². The van der Waals surface area contributed by atoms with E-state index in [0.29, 0.717) is 24.4 Å². The zero-order valence-electron chi connectivity index (χ0n) is 11.8. The second-order valence-corrected chi connectivity index (χ2v) is 5.46. The van der Waals surface area contributed by atoms with Crippen LogP contribution in [0.2, 0.25) is 0 Å². The standard InChI is InChI=1S/C16H17NO3S/c1-2-17(10-14-7-5-9-21-14)16(19)12-20-15-8-4-3-6-13(15)11-18/h3-9,11H,2,10,12H2,1H3. The molecule has 1 amide bonds. The molecule has 0 saturated carbocycles. The molecule has 0 spiro atoms. The van der Waals surface area contributed by atoms with Gasteiger partial charge in [0.25, 0.3) is 5.91 Å². The van der Waals surface area contributed by atoms with Gasteiger partial charge in [0, 0.05) is 11.4 Å². The van der Waals surface area contributed by atoms with Crippen LogP contribution >= 0.6 is 11.3 Å². The summed E-state index contributed by atoms with van der Waals surface area (Å²) in [4.78, 5) is 26.0. The molecule has 5 heteroatoms. The summed E-state index contributed by atoms with van der Waals surface area (Å²) in [5.74, 6) is 0.347. The van der Waals surface area contributed by atoms with Crippen LogP contribution in [-0.4, -0.2) is 30.2 Å². The van der Waals surface area contributed by atoms with Crippen molar-refractivity contribution in [3.8, 4) is 5.75 Å². The third-order valence-corrected chi connectivity index (χ3v) is 3.92. The Morgan fingerprint density at radius 3 is 2.76 bits per heavy atom. The molecule has 0 N–H and O–H groups in total. The predicted molar refractivity (Wildman–Crippen MR) is 82.7 cm³/mol. The highest BCUT2D eigenvalue weighted by Gasteiger charge is 2.14. The molecule has 0 saturated heterocycles. The number of likely N-dealkylation sites (N-methyl/N-ethyl adjacent to an activating group) is 1. The third kappa shape index (κ3) is 4.16. The van der Waals surface area contributed by atoms with Gasteiger partial charge in [0.15, 0.2) is 12.9 Å². The summed E-state index contributed by atoms with van der Waals surface area (Å²) in [7, 11) is 0. The van der Waals surface area contributed by atoms with Gasteiger partial charge in [0.05, 0.1) is 12.1 Å². The minimum Gasteiger partial charge on any atom is -0.483 e. The first-order valence-electron chi connectivity index (χ1n) is 6.71. The van der Waals surface area contributed by atoms with Gasteiger partial charge in [0.1, 0.15) is 5.75 Å². The highest BCUT2D eigenvalue weighted by Crippen LogP contribution is 2.16. The first kappa shape index (κ1) is 15.3. The fourth-order valence-corrected chi connectivity index (χ4v) is 2.63. The summed E-state index contributed by atoms with van der Waals surface area (Å²) in [6.07, 6.45) is 0.725. The van der Waals surface area contributed by atoms with Gasteiger partial charge in [-0.05, 0) is 30.5 Å². The SMILES string of the molecule is CCN(Cc1cccs1)C(=O)COc1ccccc1C=O. The van der Waals surface area contributed by atoms with Gasteiger partial charge in [-0.2, -0.15) is 0 Å². The van der Waals surface area contributed by atoms with Crippen molar-refractivity contribution in [3.05, 3.63) is 52.2 Å². The number of aldehydes is 1. The number of hydrogen-bond acceptors (Lipinski definition) is 4. The summed E-state index contributed by atoms with van der Waals surface area (Å²) in [5.41, 5.74) is 0.451. The van der Waals surface area contributed by atoms with Crippen LogP contribution in [0.1, 0.15) is 22.2 Å². The molecule has 0 fully saturated rings. The molecule has 0 aliphatic rings. The molecular formula is C16H17NO3S. The van der Waals surface area contributed by atoms with E-state index in [1.807, 2.05) is 24.4 Å². The molecule has 0 unspecified atom stereocenters. The fourth-order valence-electron chi connectivity index (χ4n) is 1.91. The molecule has 2 aromatic rings. The van der Waals surface area contributed by atoms with Gasteiger partial charge in [-0.1, -0.05) is 18.2 Å². The normalized spacial score (nSPS) is 10.1. The lowest BCUT2D eigenvalue weighted by molar-refractivity contribution is -0.133. The smallest absolute Gasteiger partial charge is 0.260 e. The van der Waals surface area contributed by atoms with Gasteiger partial charge in [-0.15, -0.1) is 11.3 Å². The Morgan fingerprint density at radius 2 is 2.10 bits per heavy atom. The van der Waals surface area contributed by atoms with Gasteiger partial charge in [-0.3, -0.25) is 9.59 Å². The molecule has 21 heavy (non-hydrogen) atoms. The van der Waals surface area contributed by atoms with E-state index in [-0.39, 0.29) is 12.5 Å². The van der Waals surface area contributed by atoms with Crippen molar-refractivity contribution in [1.29, 1.82) is 0 Å². The molecular weight excluding hydrogens is 286 g/mol. The molecule has 0 radical (unpaired) electrons. The van der Waals surface area contributed by atoms with E-state index in [0.717, 1.165) is 11.2 Å². The predicted octanol–water partition coefficient (Wildman–Crippen LogP) is 2.99. The summed E-state index contributed by atoms with van der Waals surface area (Å²) in [6, 6.07) is 10.9. The van der Waals surface area contributed by atoms with Crippen LogP contribution in [0.5, 0.6) is 5.75 Å². The van der Waals surface area contributed by atoms with E-state index in [1.54, 1.807) is 40.5 Å². The van der Waals surface area contributed by atoms with Crippen LogP contribution < -0.4 is 4.74 Å². The number of ether oxygens (including phenoxy) is 1. The monoisotopic (exact) mass is 303 g/mol. The molecule has 1 aromatic heterocycles. The van der Waals surface area contributed by atoms with E-state index in [2.05, 4.69) is 0 Å². The van der Waals surface area contributed by atoms with Crippen molar-refractivity contribution in [2.24, 2.45) is 0 Å². The van der Waals surface area contributed by atoms with Crippen LogP contribution in [0.3, 0.4) is 0 Å².